The minimum Gasteiger partial charge on any atom is -0.457 e. The maximum atomic E-state index is 9.41. The summed E-state index contributed by atoms with van der Waals surface area (Å²) in [5.41, 5.74) is 1.83. The van der Waals surface area contributed by atoms with Gasteiger partial charge in [-0.1, -0.05) is 53.6 Å². The van der Waals surface area contributed by atoms with E-state index in [-0.39, 0.29) is 0 Å². The van der Waals surface area contributed by atoms with E-state index in [1.54, 1.807) is 36.4 Å². The van der Waals surface area contributed by atoms with Gasteiger partial charge in [0, 0.05) is 22.3 Å². The third-order valence-electron chi connectivity index (χ3n) is 3.51. The predicted octanol–water partition coefficient (Wildman–Crippen LogP) is 6.60. The average Bonchev–Trinajstić information content (AvgIpc) is 3.08. The van der Waals surface area contributed by atoms with Crippen LogP contribution in [0.1, 0.15) is 5.76 Å². The Morgan fingerprint density at radius 2 is 1.85 bits per heavy atom. The molecule has 26 heavy (non-hydrogen) atoms. The van der Waals surface area contributed by atoms with Crippen molar-refractivity contribution in [1.29, 1.82) is 5.26 Å². The van der Waals surface area contributed by atoms with Gasteiger partial charge in [-0.05, 0) is 42.5 Å². The van der Waals surface area contributed by atoms with Gasteiger partial charge in [-0.15, -0.1) is 0 Å². The monoisotopic (exact) mass is 398 g/mol. The molecule has 1 heterocycles. The quantitative estimate of drug-likeness (QED) is 0.305. The molecule has 0 fully saturated rings. The number of hydrogen-bond acceptors (Lipinski definition) is 3. The Morgan fingerprint density at radius 3 is 2.54 bits per heavy atom. The lowest BCUT2D eigenvalue weighted by Gasteiger charge is -2.06. The number of rotatable bonds is 4. The first-order valence-corrected chi connectivity index (χ1v) is 8.76. The normalized spacial score (nSPS) is 11.0. The van der Waals surface area contributed by atoms with E-state index in [4.69, 9.17) is 39.8 Å². The van der Waals surface area contributed by atoms with Crippen LogP contribution in [0.3, 0.4) is 0 Å². The second-order valence-electron chi connectivity index (χ2n) is 5.32. The van der Waals surface area contributed by atoms with Gasteiger partial charge in [-0.25, -0.2) is 0 Å². The Labute approximate surface area is 166 Å². The summed E-state index contributed by atoms with van der Waals surface area (Å²) in [6.45, 7) is 0. The molecule has 0 unspecified atom stereocenters. The standard InChI is InChI=1S/C20H12Cl2N2OS/c21-14-6-8-17(18(22)11-14)19-9-7-16(25-19)10-13(12-23)20(26)24-15-4-2-1-3-5-15/h1-11H,(H,24,26). The molecular formula is C20H12Cl2N2OS. The zero-order chi connectivity index (χ0) is 18.5. The van der Waals surface area contributed by atoms with Gasteiger partial charge in [-0.2, -0.15) is 5.26 Å². The Bertz CT molecular complexity index is 1020. The summed E-state index contributed by atoms with van der Waals surface area (Å²) < 4.78 is 5.78. The molecule has 1 N–H and O–H groups in total. The number of para-hydroxylation sites is 1. The summed E-state index contributed by atoms with van der Waals surface area (Å²) in [6, 6.07) is 20.2. The minimum atomic E-state index is 0.298. The third-order valence-corrected chi connectivity index (χ3v) is 4.38. The molecule has 0 aliphatic carbocycles. The number of thiocarbonyl (C=S) groups is 1. The zero-order valence-corrected chi connectivity index (χ0v) is 15.7. The smallest absolute Gasteiger partial charge is 0.136 e. The molecule has 3 aromatic rings. The molecule has 128 valence electrons. The molecule has 1 aromatic heterocycles. The van der Waals surface area contributed by atoms with Gasteiger partial charge in [0.15, 0.2) is 0 Å². The number of halogens is 2. The average molecular weight is 399 g/mol. The fourth-order valence-corrected chi connectivity index (χ4v) is 3.00. The molecular weight excluding hydrogens is 387 g/mol. The van der Waals surface area contributed by atoms with Crippen LogP contribution in [0.4, 0.5) is 5.69 Å². The fraction of sp³-hybridized carbons (Fsp3) is 0. The molecule has 0 bridgehead atoms. The number of furan rings is 1. The van der Waals surface area contributed by atoms with E-state index < -0.39 is 0 Å². The van der Waals surface area contributed by atoms with Gasteiger partial charge in [0.2, 0.25) is 0 Å². The number of nitrogens with zero attached hydrogens (tertiary/aromatic N) is 1. The van der Waals surface area contributed by atoms with Crippen LogP contribution in [0.2, 0.25) is 10.0 Å². The molecule has 0 saturated carbocycles. The first-order chi connectivity index (χ1) is 12.6. The highest BCUT2D eigenvalue weighted by Gasteiger charge is 2.11. The van der Waals surface area contributed by atoms with Crippen LogP contribution in [0.25, 0.3) is 17.4 Å². The van der Waals surface area contributed by atoms with Crippen LogP contribution >= 0.6 is 35.4 Å². The maximum absolute atomic E-state index is 9.41. The highest BCUT2D eigenvalue weighted by Crippen LogP contribution is 2.32. The molecule has 0 spiro atoms. The summed E-state index contributed by atoms with van der Waals surface area (Å²) in [4.78, 5) is 0.321. The number of benzene rings is 2. The van der Waals surface area contributed by atoms with Gasteiger partial charge < -0.3 is 9.73 Å². The van der Waals surface area contributed by atoms with E-state index in [2.05, 4.69) is 11.4 Å². The molecule has 0 atom stereocenters. The number of anilines is 1. The second kappa shape index (κ2) is 8.20. The lowest BCUT2D eigenvalue weighted by atomic mass is 10.2. The maximum Gasteiger partial charge on any atom is 0.136 e. The van der Waals surface area contributed by atoms with E-state index in [0.29, 0.717) is 32.1 Å². The van der Waals surface area contributed by atoms with E-state index in [9.17, 15) is 5.26 Å². The molecule has 0 aliphatic rings. The van der Waals surface area contributed by atoms with Crippen LogP contribution in [0.15, 0.2) is 70.7 Å². The van der Waals surface area contributed by atoms with E-state index in [0.717, 1.165) is 11.3 Å². The predicted molar refractivity (Wildman–Crippen MR) is 110 cm³/mol. The van der Waals surface area contributed by atoms with Crippen molar-refractivity contribution in [2.45, 2.75) is 0 Å². The first kappa shape index (κ1) is 18.2. The van der Waals surface area contributed by atoms with Crippen molar-refractivity contribution in [3.63, 3.8) is 0 Å². The van der Waals surface area contributed by atoms with Crippen LogP contribution < -0.4 is 5.32 Å². The Kier molecular flexibility index (Phi) is 5.75. The summed E-state index contributed by atoms with van der Waals surface area (Å²) in [5.74, 6) is 1.08. The second-order valence-corrected chi connectivity index (χ2v) is 6.57. The van der Waals surface area contributed by atoms with E-state index >= 15 is 0 Å². The highest BCUT2D eigenvalue weighted by atomic mass is 35.5. The topological polar surface area (TPSA) is 49.0 Å². The van der Waals surface area contributed by atoms with E-state index in [1.165, 1.54) is 0 Å². The van der Waals surface area contributed by atoms with Crippen molar-refractivity contribution in [2.75, 3.05) is 5.32 Å². The van der Waals surface area contributed by atoms with E-state index in [1.807, 2.05) is 30.3 Å². The molecule has 3 nitrogen and oxygen atoms in total. The van der Waals surface area contributed by atoms with Crippen molar-refractivity contribution < 1.29 is 4.42 Å². The number of hydrogen-bond donors (Lipinski definition) is 1. The Morgan fingerprint density at radius 1 is 1.08 bits per heavy atom. The van der Waals surface area contributed by atoms with Crippen LogP contribution in [-0.2, 0) is 0 Å². The molecule has 0 radical (unpaired) electrons. The van der Waals surface area contributed by atoms with Gasteiger partial charge in [-0.3, -0.25) is 0 Å². The molecule has 0 amide bonds. The highest BCUT2D eigenvalue weighted by molar-refractivity contribution is 7.81. The van der Waals surface area contributed by atoms with Gasteiger partial charge >= 0.3 is 0 Å². The SMILES string of the molecule is N#CC(=Cc1ccc(-c2ccc(Cl)cc2Cl)o1)C(=S)Nc1ccccc1. The fourth-order valence-electron chi connectivity index (χ4n) is 2.28. The third kappa shape index (κ3) is 4.33. The Balaban J connectivity index is 1.83. The lowest BCUT2D eigenvalue weighted by Crippen LogP contribution is -2.10. The van der Waals surface area contributed by atoms with Gasteiger partial charge in [0.05, 0.1) is 10.6 Å². The van der Waals surface area contributed by atoms with Crippen molar-refractivity contribution in [3.05, 3.63) is 82.0 Å². The molecule has 3 rings (SSSR count). The van der Waals surface area contributed by atoms with Crippen molar-refractivity contribution in [2.24, 2.45) is 0 Å². The minimum absolute atomic E-state index is 0.298. The molecule has 0 saturated heterocycles. The first-order valence-electron chi connectivity index (χ1n) is 7.60. The van der Waals surface area contributed by atoms with Crippen molar-refractivity contribution in [1.82, 2.24) is 0 Å². The van der Waals surface area contributed by atoms with Gasteiger partial charge in [0.1, 0.15) is 22.6 Å². The molecule has 2 aromatic carbocycles. The number of nitrogens with one attached hydrogen (secondary N) is 1. The molecule has 0 aliphatic heterocycles. The van der Waals surface area contributed by atoms with Crippen LogP contribution in [0.5, 0.6) is 0 Å². The number of nitriles is 1. The zero-order valence-electron chi connectivity index (χ0n) is 13.4. The van der Waals surface area contributed by atoms with Crippen LogP contribution in [-0.4, -0.2) is 4.99 Å². The van der Waals surface area contributed by atoms with Crippen molar-refractivity contribution >= 4 is 52.2 Å². The summed E-state index contributed by atoms with van der Waals surface area (Å²) in [5, 5.41) is 13.5. The van der Waals surface area contributed by atoms with Crippen LogP contribution in [0, 0.1) is 11.3 Å². The Hall–Kier alpha value is -2.58. The largest absolute Gasteiger partial charge is 0.457 e. The molecule has 6 heteroatoms. The van der Waals surface area contributed by atoms with Crippen molar-refractivity contribution in [3.8, 4) is 17.4 Å². The summed E-state index contributed by atoms with van der Waals surface area (Å²) >= 11 is 17.4. The van der Waals surface area contributed by atoms with Gasteiger partial charge in [0.25, 0.3) is 0 Å². The summed E-state index contributed by atoms with van der Waals surface area (Å²) in [7, 11) is 0. The lowest BCUT2D eigenvalue weighted by molar-refractivity contribution is 0.571. The summed E-state index contributed by atoms with van der Waals surface area (Å²) in [6.07, 6.45) is 1.59.